The van der Waals surface area contributed by atoms with E-state index >= 15 is 0 Å². The summed E-state index contributed by atoms with van der Waals surface area (Å²) in [4.78, 5) is 12.3. The fourth-order valence-corrected chi connectivity index (χ4v) is 2.18. The van der Waals surface area contributed by atoms with Crippen LogP contribution >= 0.6 is 15.9 Å². The molecule has 2 rings (SSSR count). The second-order valence-electron chi connectivity index (χ2n) is 4.15. The van der Waals surface area contributed by atoms with Gasteiger partial charge >= 0.3 is 0 Å². The number of benzene rings is 2. The molecule has 0 aliphatic carbocycles. The van der Waals surface area contributed by atoms with Gasteiger partial charge in [-0.15, -0.1) is 0 Å². The van der Waals surface area contributed by atoms with Crippen molar-refractivity contribution in [1.29, 1.82) is 0 Å². The summed E-state index contributed by atoms with van der Waals surface area (Å²) in [5.74, 6) is -1.32. The number of halogens is 3. The first-order valence-electron chi connectivity index (χ1n) is 5.45. The van der Waals surface area contributed by atoms with Gasteiger partial charge in [0, 0.05) is 15.6 Å². The van der Waals surface area contributed by atoms with Gasteiger partial charge in [-0.05, 0) is 58.7 Å². The number of hydrogen-bond donors (Lipinski definition) is 1. The summed E-state index contributed by atoms with van der Waals surface area (Å²) in [6, 6.07) is 6.46. The molecule has 0 aliphatic rings. The van der Waals surface area contributed by atoms with E-state index in [1.807, 2.05) is 0 Å². The molecule has 5 heteroatoms. The van der Waals surface area contributed by atoms with Crippen LogP contribution in [-0.4, -0.2) is 5.78 Å². The maximum Gasteiger partial charge on any atom is 0.194 e. The minimum atomic E-state index is -0.598. The first-order chi connectivity index (χ1) is 8.90. The van der Waals surface area contributed by atoms with Gasteiger partial charge < -0.3 is 5.73 Å². The number of ketones is 1. The van der Waals surface area contributed by atoms with Crippen molar-refractivity contribution >= 4 is 27.4 Å². The van der Waals surface area contributed by atoms with Crippen molar-refractivity contribution < 1.29 is 13.6 Å². The van der Waals surface area contributed by atoms with Crippen LogP contribution in [-0.2, 0) is 0 Å². The van der Waals surface area contributed by atoms with E-state index < -0.39 is 5.82 Å². The number of hydrogen-bond acceptors (Lipinski definition) is 2. The van der Waals surface area contributed by atoms with Crippen molar-refractivity contribution in [2.24, 2.45) is 0 Å². The second-order valence-corrected chi connectivity index (χ2v) is 5.00. The Bertz CT molecular complexity index is 671. The summed E-state index contributed by atoms with van der Waals surface area (Å²) in [6.07, 6.45) is 0. The molecule has 0 amide bonds. The SMILES string of the molecule is Cc1cc(C(=O)c2cc(N)c(F)cc2Br)ccc1F. The first kappa shape index (κ1) is 13.7. The zero-order valence-electron chi connectivity index (χ0n) is 10.0. The molecule has 0 saturated heterocycles. The van der Waals surface area contributed by atoms with E-state index in [0.29, 0.717) is 15.6 Å². The summed E-state index contributed by atoms with van der Waals surface area (Å²) in [6.45, 7) is 1.57. The third-order valence-corrected chi connectivity index (χ3v) is 3.41. The minimum absolute atomic E-state index is 0.106. The third-order valence-electron chi connectivity index (χ3n) is 2.75. The first-order valence-corrected chi connectivity index (χ1v) is 6.25. The van der Waals surface area contributed by atoms with Gasteiger partial charge in [-0.25, -0.2) is 8.78 Å². The number of carbonyl (C=O) groups excluding carboxylic acids is 1. The molecule has 0 fully saturated rings. The molecule has 0 unspecified atom stereocenters. The molecule has 0 aromatic heterocycles. The van der Waals surface area contributed by atoms with Crippen LogP contribution in [0.25, 0.3) is 0 Å². The summed E-state index contributed by atoms with van der Waals surface area (Å²) in [7, 11) is 0. The largest absolute Gasteiger partial charge is 0.396 e. The molecule has 0 atom stereocenters. The predicted molar refractivity (Wildman–Crippen MR) is 73.1 cm³/mol. The number of aryl methyl sites for hydroxylation is 1. The van der Waals surface area contributed by atoms with Crippen LogP contribution in [0, 0.1) is 18.6 Å². The van der Waals surface area contributed by atoms with E-state index in [2.05, 4.69) is 15.9 Å². The fraction of sp³-hybridized carbons (Fsp3) is 0.0714. The lowest BCUT2D eigenvalue weighted by atomic mass is 10.0. The van der Waals surface area contributed by atoms with Crippen molar-refractivity contribution in [3.8, 4) is 0 Å². The topological polar surface area (TPSA) is 43.1 Å². The van der Waals surface area contributed by atoms with Crippen molar-refractivity contribution in [1.82, 2.24) is 0 Å². The summed E-state index contributed by atoms with van der Waals surface area (Å²) in [5.41, 5.74) is 6.28. The van der Waals surface area contributed by atoms with Gasteiger partial charge in [0.05, 0.1) is 5.69 Å². The van der Waals surface area contributed by atoms with Crippen molar-refractivity contribution in [2.75, 3.05) is 5.73 Å². The highest BCUT2D eigenvalue weighted by molar-refractivity contribution is 9.10. The quantitative estimate of drug-likeness (QED) is 0.673. The average molecular weight is 326 g/mol. The van der Waals surface area contributed by atoms with Crippen LogP contribution in [0.5, 0.6) is 0 Å². The average Bonchev–Trinajstić information content (AvgIpc) is 2.36. The lowest BCUT2D eigenvalue weighted by Gasteiger charge is -2.07. The molecule has 2 nitrogen and oxygen atoms in total. The monoisotopic (exact) mass is 325 g/mol. The molecular formula is C14H10BrF2NO. The lowest BCUT2D eigenvalue weighted by molar-refractivity contribution is 0.103. The Morgan fingerprint density at radius 2 is 1.84 bits per heavy atom. The summed E-state index contributed by atoms with van der Waals surface area (Å²) >= 11 is 3.12. The number of nitrogens with two attached hydrogens (primary N) is 1. The normalized spacial score (nSPS) is 10.5. The molecule has 19 heavy (non-hydrogen) atoms. The molecular weight excluding hydrogens is 316 g/mol. The summed E-state index contributed by atoms with van der Waals surface area (Å²) < 4.78 is 26.7. The molecule has 0 saturated carbocycles. The van der Waals surface area contributed by atoms with Crippen molar-refractivity contribution in [3.63, 3.8) is 0 Å². The van der Waals surface area contributed by atoms with E-state index in [9.17, 15) is 13.6 Å². The van der Waals surface area contributed by atoms with Gasteiger partial charge in [-0.1, -0.05) is 0 Å². The molecule has 98 valence electrons. The van der Waals surface area contributed by atoms with Crippen LogP contribution in [0.3, 0.4) is 0 Å². The maximum absolute atomic E-state index is 13.2. The van der Waals surface area contributed by atoms with E-state index in [1.165, 1.54) is 24.3 Å². The highest BCUT2D eigenvalue weighted by atomic mass is 79.9. The predicted octanol–water partition coefficient (Wildman–Crippen LogP) is 3.85. The van der Waals surface area contributed by atoms with E-state index in [4.69, 9.17) is 5.73 Å². The standard InChI is InChI=1S/C14H10BrF2NO/c1-7-4-8(2-3-11(7)16)14(19)9-5-13(18)12(17)6-10(9)15/h2-6H,18H2,1H3. The van der Waals surface area contributed by atoms with E-state index in [1.54, 1.807) is 6.92 Å². The molecule has 0 spiro atoms. The molecule has 0 bridgehead atoms. The van der Waals surface area contributed by atoms with Gasteiger partial charge in [0.25, 0.3) is 0 Å². The number of rotatable bonds is 2. The third kappa shape index (κ3) is 2.66. The highest BCUT2D eigenvalue weighted by Gasteiger charge is 2.16. The van der Waals surface area contributed by atoms with Gasteiger partial charge in [-0.2, -0.15) is 0 Å². The Balaban J connectivity index is 2.49. The molecule has 0 aliphatic heterocycles. The molecule has 2 N–H and O–H groups in total. The van der Waals surface area contributed by atoms with Crippen LogP contribution in [0.15, 0.2) is 34.8 Å². The van der Waals surface area contributed by atoms with Crippen LogP contribution in [0.2, 0.25) is 0 Å². The van der Waals surface area contributed by atoms with Gasteiger partial charge in [0.15, 0.2) is 5.78 Å². The minimum Gasteiger partial charge on any atom is -0.396 e. The Kier molecular flexibility index (Phi) is 3.66. The van der Waals surface area contributed by atoms with E-state index in [-0.39, 0.29) is 22.9 Å². The van der Waals surface area contributed by atoms with Gasteiger partial charge in [-0.3, -0.25) is 4.79 Å². The number of nitrogen functional groups attached to an aromatic ring is 1. The van der Waals surface area contributed by atoms with Gasteiger partial charge in [0.1, 0.15) is 11.6 Å². The molecule has 2 aromatic rings. The second kappa shape index (κ2) is 5.09. The molecule has 0 radical (unpaired) electrons. The van der Waals surface area contributed by atoms with Crippen molar-refractivity contribution in [2.45, 2.75) is 6.92 Å². The zero-order chi connectivity index (χ0) is 14.2. The highest BCUT2D eigenvalue weighted by Crippen LogP contribution is 2.25. The molecule has 2 aromatic carbocycles. The lowest BCUT2D eigenvalue weighted by Crippen LogP contribution is -2.05. The number of anilines is 1. The van der Waals surface area contributed by atoms with Crippen LogP contribution in [0.4, 0.5) is 14.5 Å². The Morgan fingerprint density at radius 3 is 2.47 bits per heavy atom. The summed E-state index contributed by atoms with van der Waals surface area (Å²) in [5, 5.41) is 0. The maximum atomic E-state index is 13.2. The Hall–Kier alpha value is -1.75. The fourth-order valence-electron chi connectivity index (χ4n) is 1.68. The van der Waals surface area contributed by atoms with Crippen LogP contribution in [0.1, 0.15) is 21.5 Å². The molecule has 0 heterocycles. The smallest absolute Gasteiger partial charge is 0.194 e. The Labute approximate surface area is 117 Å². The number of carbonyl (C=O) groups is 1. The van der Waals surface area contributed by atoms with Crippen molar-refractivity contribution in [3.05, 3.63) is 63.1 Å². The van der Waals surface area contributed by atoms with Crippen LogP contribution < -0.4 is 5.73 Å². The Morgan fingerprint density at radius 1 is 1.16 bits per heavy atom. The van der Waals surface area contributed by atoms with E-state index in [0.717, 1.165) is 6.07 Å². The zero-order valence-corrected chi connectivity index (χ0v) is 11.6. The van der Waals surface area contributed by atoms with Gasteiger partial charge in [0.2, 0.25) is 0 Å².